The number of rotatable bonds is 6. The molecule has 0 radical (unpaired) electrons. The lowest BCUT2D eigenvalue weighted by molar-refractivity contribution is -0.0355. The van der Waals surface area contributed by atoms with Gasteiger partial charge < -0.3 is 10.1 Å². The van der Waals surface area contributed by atoms with E-state index in [-0.39, 0.29) is 17.6 Å². The second-order valence-corrected chi connectivity index (χ2v) is 6.76. The third kappa shape index (κ3) is 3.95. The summed E-state index contributed by atoms with van der Waals surface area (Å²) in [5.41, 5.74) is 0.0656. The van der Waals surface area contributed by atoms with Gasteiger partial charge in [-0.15, -0.1) is 11.3 Å². The molecule has 1 aromatic rings. The molecule has 18 heavy (non-hydrogen) atoms. The van der Waals surface area contributed by atoms with Crippen molar-refractivity contribution in [1.82, 2.24) is 5.32 Å². The SMILES string of the molecule is CCNC(c1sccc1Cl)C(OCC)C(C)(C)C. The van der Waals surface area contributed by atoms with Gasteiger partial charge in [-0.1, -0.05) is 39.3 Å². The molecule has 0 saturated carbocycles. The van der Waals surface area contributed by atoms with E-state index in [4.69, 9.17) is 16.3 Å². The first-order valence-corrected chi connectivity index (χ1v) is 7.75. The highest BCUT2D eigenvalue weighted by molar-refractivity contribution is 7.10. The van der Waals surface area contributed by atoms with Crippen molar-refractivity contribution < 1.29 is 4.74 Å². The fraction of sp³-hybridized carbons (Fsp3) is 0.714. The standard InChI is InChI=1S/C14H24ClNOS/c1-6-16-11(12-10(15)8-9-18-12)13(17-7-2)14(3,4)5/h8-9,11,13,16H,6-7H2,1-5H3. The third-order valence-electron chi connectivity index (χ3n) is 2.85. The smallest absolute Gasteiger partial charge is 0.0826 e. The van der Waals surface area contributed by atoms with E-state index in [2.05, 4.69) is 33.0 Å². The summed E-state index contributed by atoms with van der Waals surface area (Å²) in [6, 6.07) is 2.11. The molecule has 2 nitrogen and oxygen atoms in total. The molecule has 0 fully saturated rings. The molecule has 0 aliphatic rings. The van der Waals surface area contributed by atoms with E-state index in [1.165, 1.54) is 4.88 Å². The number of halogens is 1. The molecule has 2 unspecified atom stereocenters. The van der Waals surface area contributed by atoms with Gasteiger partial charge >= 0.3 is 0 Å². The lowest BCUT2D eigenvalue weighted by atomic mass is 9.83. The Hall–Kier alpha value is -0.0900. The molecule has 0 aliphatic carbocycles. The highest BCUT2D eigenvalue weighted by Crippen LogP contribution is 2.38. The fourth-order valence-corrected chi connectivity index (χ4v) is 3.38. The topological polar surface area (TPSA) is 21.3 Å². The van der Waals surface area contributed by atoms with Crippen LogP contribution in [0.15, 0.2) is 11.4 Å². The van der Waals surface area contributed by atoms with Crippen LogP contribution in [0.1, 0.15) is 45.5 Å². The summed E-state index contributed by atoms with van der Waals surface area (Å²) in [5.74, 6) is 0. The molecule has 0 aromatic carbocycles. The molecule has 0 amide bonds. The second-order valence-electron chi connectivity index (χ2n) is 5.41. The minimum atomic E-state index is 0.0656. The number of nitrogens with one attached hydrogen (secondary N) is 1. The molecular weight excluding hydrogens is 266 g/mol. The summed E-state index contributed by atoms with van der Waals surface area (Å²) in [5, 5.41) is 6.39. The van der Waals surface area contributed by atoms with Gasteiger partial charge in [0.15, 0.2) is 0 Å². The molecule has 0 aliphatic heterocycles. The summed E-state index contributed by atoms with van der Waals surface area (Å²) in [4.78, 5) is 1.17. The molecule has 104 valence electrons. The molecule has 4 heteroatoms. The average Bonchev–Trinajstić information content (AvgIpc) is 2.68. The van der Waals surface area contributed by atoms with Crippen LogP contribution in [0.3, 0.4) is 0 Å². The maximum Gasteiger partial charge on any atom is 0.0826 e. The molecule has 0 saturated heterocycles. The van der Waals surface area contributed by atoms with E-state index in [0.717, 1.165) is 11.6 Å². The van der Waals surface area contributed by atoms with Gasteiger partial charge in [0, 0.05) is 11.5 Å². The molecule has 1 aromatic heterocycles. The summed E-state index contributed by atoms with van der Waals surface area (Å²) in [7, 11) is 0. The van der Waals surface area contributed by atoms with E-state index in [1.54, 1.807) is 11.3 Å². The van der Waals surface area contributed by atoms with Gasteiger partial charge in [-0.3, -0.25) is 0 Å². The minimum Gasteiger partial charge on any atom is -0.376 e. The number of hydrogen-bond acceptors (Lipinski definition) is 3. The van der Waals surface area contributed by atoms with Gasteiger partial charge in [0.2, 0.25) is 0 Å². The molecule has 0 bridgehead atoms. The van der Waals surface area contributed by atoms with Crippen LogP contribution >= 0.6 is 22.9 Å². The minimum absolute atomic E-state index is 0.0656. The summed E-state index contributed by atoms with van der Waals surface area (Å²) in [6.07, 6.45) is 0.110. The van der Waals surface area contributed by atoms with Crippen LogP contribution in [-0.2, 0) is 4.74 Å². The van der Waals surface area contributed by atoms with Crippen LogP contribution in [0, 0.1) is 5.41 Å². The highest BCUT2D eigenvalue weighted by Gasteiger charge is 2.35. The van der Waals surface area contributed by atoms with Crippen molar-refractivity contribution in [2.75, 3.05) is 13.2 Å². The van der Waals surface area contributed by atoms with Gasteiger partial charge in [-0.2, -0.15) is 0 Å². The number of ether oxygens (including phenoxy) is 1. The molecule has 1 N–H and O–H groups in total. The average molecular weight is 290 g/mol. The zero-order valence-corrected chi connectivity index (χ0v) is 13.5. The Balaban J connectivity index is 3.05. The van der Waals surface area contributed by atoms with Crippen LogP contribution in [-0.4, -0.2) is 19.3 Å². The number of likely N-dealkylation sites (N-methyl/N-ethyl adjacent to an activating group) is 1. The van der Waals surface area contributed by atoms with Gasteiger partial charge in [-0.05, 0) is 30.3 Å². The lowest BCUT2D eigenvalue weighted by Crippen LogP contribution is -2.41. The Morgan fingerprint density at radius 1 is 1.39 bits per heavy atom. The Bertz CT molecular complexity index is 359. The van der Waals surface area contributed by atoms with Crippen LogP contribution < -0.4 is 5.32 Å². The predicted molar refractivity (Wildman–Crippen MR) is 80.6 cm³/mol. The van der Waals surface area contributed by atoms with Crippen molar-refractivity contribution in [2.24, 2.45) is 5.41 Å². The normalized spacial score (nSPS) is 15.7. The van der Waals surface area contributed by atoms with Gasteiger partial charge in [0.25, 0.3) is 0 Å². The predicted octanol–water partition coefficient (Wildman–Crippen LogP) is 4.50. The van der Waals surface area contributed by atoms with Crippen LogP contribution in [0.4, 0.5) is 0 Å². The first-order valence-electron chi connectivity index (χ1n) is 6.49. The van der Waals surface area contributed by atoms with Crippen molar-refractivity contribution in [3.63, 3.8) is 0 Å². The van der Waals surface area contributed by atoms with Gasteiger partial charge in [0.1, 0.15) is 0 Å². The van der Waals surface area contributed by atoms with Crippen molar-refractivity contribution in [3.05, 3.63) is 21.3 Å². The highest BCUT2D eigenvalue weighted by atomic mass is 35.5. The molecule has 1 heterocycles. The van der Waals surface area contributed by atoms with Gasteiger partial charge in [0.05, 0.1) is 17.2 Å². The monoisotopic (exact) mass is 289 g/mol. The lowest BCUT2D eigenvalue weighted by Gasteiger charge is -2.37. The van der Waals surface area contributed by atoms with Crippen molar-refractivity contribution >= 4 is 22.9 Å². The zero-order chi connectivity index (χ0) is 13.8. The summed E-state index contributed by atoms with van der Waals surface area (Å²) >= 11 is 7.97. The number of hydrogen-bond donors (Lipinski definition) is 1. The Kier molecular flexibility index (Phi) is 6.12. The first kappa shape index (κ1) is 16.0. The summed E-state index contributed by atoms with van der Waals surface area (Å²) in [6.45, 7) is 12.4. The fourth-order valence-electron chi connectivity index (χ4n) is 2.11. The largest absolute Gasteiger partial charge is 0.376 e. The second kappa shape index (κ2) is 6.90. The Labute approximate surface area is 120 Å². The van der Waals surface area contributed by atoms with Crippen LogP contribution in [0.25, 0.3) is 0 Å². The van der Waals surface area contributed by atoms with E-state index in [0.29, 0.717) is 6.61 Å². The van der Waals surface area contributed by atoms with E-state index < -0.39 is 0 Å². The number of thiophene rings is 1. The van der Waals surface area contributed by atoms with E-state index in [1.807, 2.05) is 18.4 Å². The maximum absolute atomic E-state index is 6.28. The Morgan fingerprint density at radius 2 is 2.06 bits per heavy atom. The van der Waals surface area contributed by atoms with Crippen molar-refractivity contribution in [1.29, 1.82) is 0 Å². The maximum atomic E-state index is 6.28. The van der Waals surface area contributed by atoms with E-state index >= 15 is 0 Å². The molecule has 0 spiro atoms. The molecular formula is C14H24ClNOS. The van der Waals surface area contributed by atoms with Crippen LogP contribution in [0.2, 0.25) is 5.02 Å². The van der Waals surface area contributed by atoms with E-state index in [9.17, 15) is 0 Å². The van der Waals surface area contributed by atoms with Crippen molar-refractivity contribution in [3.8, 4) is 0 Å². The molecule has 2 atom stereocenters. The third-order valence-corrected chi connectivity index (χ3v) is 4.30. The van der Waals surface area contributed by atoms with Crippen LogP contribution in [0.5, 0.6) is 0 Å². The van der Waals surface area contributed by atoms with Gasteiger partial charge in [-0.25, -0.2) is 0 Å². The quantitative estimate of drug-likeness (QED) is 0.832. The first-order chi connectivity index (χ1) is 8.41. The Morgan fingerprint density at radius 3 is 2.44 bits per heavy atom. The zero-order valence-electron chi connectivity index (χ0n) is 11.9. The van der Waals surface area contributed by atoms with Crippen molar-refractivity contribution in [2.45, 2.75) is 46.8 Å². The molecule has 1 rings (SSSR count). The summed E-state index contributed by atoms with van der Waals surface area (Å²) < 4.78 is 5.99.